The maximum atomic E-state index is 11.2. The molecule has 24 heavy (non-hydrogen) atoms. The summed E-state index contributed by atoms with van der Waals surface area (Å²) in [5.41, 5.74) is 3.77. The largest absolute Gasteiger partial charge is 0.476 e. The number of carboxylic acid groups (broad SMARTS) is 1. The lowest BCUT2D eigenvalue weighted by Gasteiger charge is -2.06. The smallest absolute Gasteiger partial charge is 0.356 e. The summed E-state index contributed by atoms with van der Waals surface area (Å²) >= 11 is 0. The third kappa shape index (κ3) is 2.25. The van der Waals surface area contributed by atoms with Gasteiger partial charge in [0.25, 0.3) is 0 Å². The van der Waals surface area contributed by atoms with Crippen LogP contribution in [0.25, 0.3) is 33.8 Å². The number of para-hydroxylation sites is 2. The summed E-state index contributed by atoms with van der Waals surface area (Å²) in [5.74, 6) is -0.568. The van der Waals surface area contributed by atoms with Crippen LogP contribution in [-0.2, 0) is 7.05 Å². The minimum absolute atomic E-state index is 0.000122. The Morgan fingerprint density at radius 1 is 1.08 bits per heavy atom. The van der Waals surface area contributed by atoms with Gasteiger partial charge in [0.2, 0.25) is 5.89 Å². The minimum Gasteiger partial charge on any atom is -0.476 e. The lowest BCUT2D eigenvalue weighted by molar-refractivity contribution is 0.0689. The van der Waals surface area contributed by atoms with E-state index in [1.54, 1.807) is 17.8 Å². The molecule has 0 aliphatic rings. The molecule has 0 saturated heterocycles. The van der Waals surface area contributed by atoms with Gasteiger partial charge in [-0.25, -0.2) is 9.78 Å². The first kappa shape index (κ1) is 14.2. The molecule has 2 aromatic carbocycles. The van der Waals surface area contributed by atoms with E-state index >= 15 is 0 Å². The van der Waals surface area contributed by atoms with Crippen LogP contribution >= 0.6 is 0 Å². The number of aryl methyl sites for hydroxylation is 1. The fourth-order valence-corrected chi connectivity index (χ4v) is 2.70. The van der Waals surface area contributed by atoms with Crippen molar-refractivity contribution in [2.45, 2.75) is 0 Å². The monoisotopic (exact) mass is 319 g/mol. The van der Waals surface area contributed by atoms with E-state index in [0.29, 0.717) is 17.2 Å². The summed E-state index contributed by atoms with van der Waals surface area (Å²) in [6.07, 6.45) is 0. The molecular formula is C18H13N3O3. The molecule has 0 atom stereocenters. The molecule has 118 valence electrons. The van der Waals surface area contributed by atoms with Crippen molar-refractivity contribution >= 4 is 17.1 Å². The van der Waals surface area contributed by atoms with Crippen LogP contribution in [0.15, 0.2) is 59.0 Å². The highest BCUT2D eigenvalue weighted by Gasteiger charge is 2.18. The van der Waals surface area contributed by atoms with Gasteiger partial charge in [-0.05, 0) is 24.3 Å². The van der Waals surface area contributed by atoms with Crippen LogP contribution in [0.3, 0.4) is 0 Å². The van der Waals surface area contributed by atoms with Crippen molar-refractivity contribution in [3.05, 3.63) is 60.3 Å². The first-order chi connectivity index (χ1) is 11.6. The second-order valence-corrected chi connectivity index (χ2v) is 5.38. The number of rotatable bonds is 3. The molecule has 0 radical (unpaired) electrons. The van der Waals surface area contributed by atoms with Gasteiger partial charge in [0, 0.05) is 18.2 Å². The SMILES string of the molecule is Cn1nc(C(=O)O)cc1-c1ccccc1-c1nc2ccccc2o1. The zero-order valence-electron chi connectivity index (χ0n) is 12.8. The van der Waals surface area contributed by atoms with Gasteiger partial charge in [-0.15, -0.1) is 0 Å². The number of fused-ring (bicyclic) bond motifs is 1. The molecule has 6 heteroatoms. The Labute approximate surface area is 137 Å². The third-order valence-corrected chi connectivity index (χ3v) is 3.83. The summed E-state index contributed by atoms with van der Waals surface area (Å²) in [6, 6.07) is 16.7. The molecule has 6 nitrogen and oxygen atoms in total. The van der Waals surface area contributed by atoms with Crippen LogP contribution in [0.1, 0.15) is 10.5 Å². The molecular weight excluding hydrogens is 306 g/mol. The van der Waals surface area contributed by atoms with Gasteiger partial charge in [0.15, 0.2) is 11.3 Å². The molecule has 1 N–H and O–H groups in total. The molecule has 2 heterocycles. The summed E-state index contributed by atoms with van der Waals surface area (Å²) in [4.78, 5) is 15.7. The van der Waals surface area contributed by atoms with E-state index in [-0.39, 0.29) is 5.69 Å². The normalized spacial score (nSPS) is 11.0. The van der Waals surface area contributed by atoms with Crippen molar-refractivity contribution in [2.24, 2.45) is 7.05 Å². The van der Waals surface area contributed by atoms with E-state index in [1.165, 1.54) is 0 Å². The highest BCUT2D eigenvalue weighted by Crippen LogP contribution is 2.33. The number of nitrogens with zero attached hydrogens (tertiary/aromatic N) is 3. The summed E-state index contributed by atoms with van der Waals surface area (Å²) in [6.45, 7) is 0. The van der Waals surface area contributed by atoms with Gasteiger partial charge in [-0.2, -0.15) is 5.10 Å². The number of benzene rings is 2. The second kappa shape index (κ2) is 5.34. The molecule has 0 spiro atoms. The lowest BCUT2D eigenvalue weighted by Crippen LogP contribution is -1.99. The van der Waals surface area contributed by atoms with Gasteiger partial charge in [0.1, 0.15) is 5.52 Å². The molecule has 0 aliphatic carbocycles. The van der Waals surface area contributed by atoms with Crippen molar-refractivity contribution in [3.8, 4) is 22.7 Å². The topological polar surface area (TPSA) is 81.2 Å². The molecule has 0 bridgehead atoms. The minimum atomic E-state index is -1.06. The summed E-state index contributed by atoms with van der Waals surface area (Å²) in [5, 5.41) is 13.2. The van der Waals surface area contributed by atoms with Crippen molar-refractivity contribution < 1.29 is 14.3 Å². The van der Waals surface area contributed by atoms with Gasteiger partial charge in [-0.3, -0.25) is 4.68 Å². The first-order valence-electron chi connectivity index (χ1n) is 7.36. The Morgan fingerprint density at radius 2 is 1.79 bits per heavy atom. The Hall–Kier alpha value is -3.41. The van der Waals surface area contributed by atoms with Crippen molar-refractivity contribution in [1.82, 2.24) is 14.8 Å². The predicted molar refractivity (Wildman–Crippen MR) is 88.6 cm³/mol. The fourth-order valence-electron chi connectivity index (χ4n) is 2.70. The molecule has 4 aromatic rings. The first-order valence-corrected chi connectivity index (χ1v) is 7.36. The van der Waals surface area contributed by atoms with Crippen LogP contribution in [0.4, 0.5) is 0 Å². The predicted octanol–water partition coefficient (Wildman–Crippen LogP) is 3.59. The molecule has 0 saturated carbocycles. The maximum Gasteiger partial charge on any atom is 0.356 e. The molecule has 4 rings (SSSR count). The van der Waals surface area contributed by atoms with Crippen LogP contribution in [0, 0.1) is 0 Å². The molecule has 0 amide bonds. The lowest BCUT2D eigenvalue weighted by atomic mass is 10.0. The maximum absolute atomic E-state index is 11.2. The van der Waals surface area contributed by atoms with Crippen LogP contribution in [-0.4, -0.2) is 25.8 Å². The molecule has 0 unspecified atom stereocenters. The Balaban J connectivity index is 1.91. The van der Waals surface area contributed by atoms with Gasteiger partial charge in [-0.1, -0.05) is 30.3 Å². The van der Waals surface area contributed by atoms with Crippen LogP contribution in [0.5, 0.6) is 0 Å². The quantitative estimate of drug-likeness (QED) is 0.624. The third-order valence-electron chi connectivity index (χ3n) is 3.83. The van der Waals surface area contributed by atoms with E-state index in [9.17, 15) is 4.79 Å². The van der Waals surface area contributed by atoms with E-state index in [1.807, 2.05) is 48.5 Å². The second-order valence-electron chi connectivity index (χ2n) is 5.38. The Bertz CT molecular complexity index is 1030. The number of oxazole rings is 1. The summed E-state index contributed by atoms with van der Waals surface area (Å²) < 4.78 is 7.40. The summed E-state index contributed by atoms with van der Waals surface area (Å²) in [7, 11) is 1.71. The van der Waals surface area contributed by atoms with Crippen LogP contribution < -0.4 is 0 Å². The van der Waals surface area contributed by atoms with Crippen molar-refractivity contribution in [2.75, 3.05) is 0 Å². The number of aromatic carboxylic acids is 1. The molecule has 0 fully saturated rings. The number of carboxylic acids is 1. The Morgan fingerprint density at radius 3 is 2.50 bits per heavy atom. The van der Waals surface area contributed by atoms with E-state index < -0.39 is 5.97 Å². The number of hydrogen-bond donors (Lipinski definition) is 1. The number of aromatic nitrogens is 3. The standard InChI is InChI=1S/C18H13N3O3/c1-21-15(10-14(20-21)18(22)23)11-6-2-3-7-12(11)17-19-13-8-4-5-9-16(13)24-17/h2-10H,1H3,(H,22,23). The molecule has 2 aromatic heterocycles. The van der Waals surface area contributed by atoms with Gasteiger partial charge < -0.3 is 9.52 Å². The number of carbonyl (C=O) groups is 1. The van der Waals surface area contributed by atoms with E-state index in [4.69, 9.17) is 9.52 Å². The number of hydrogen-bond acceptors (Lipinski definition) is 4. The van der Waals surface area contributed by atoms with Crippen molar-refractivity contribution in [3.63, 3.8) is 0 Å². The molecule has 0 aliphatic heterocycles. The van der Waals surface area contributed by atoms with Crippen LogP contribution in [0.2, 0.25) is 0 Å². The highest BCUT2D eigenvalue weighted by molar-refractivity contribution is 5.89. The zero-order valence-corrected chi connectivity index (χ0v) is 12.8. The average Bonchev–Trinajstić information content (AvgIpc) is 3.18. The van der Waals surface area contributed by atoms with Gasteiger partial charge in [0.05, 0.1) is 5.69 Å². The average molecular weight is 319 g/mol. The fraction of sp³-hybridized carbons (Fsp3) is 0.0556. The zero-order chi connectivity index (χ0) is 16.7. The van der Waals surface area contributed by atoms with E-state index in [2.05, 4.69) is 10.1 Å². The van der Waals surface area contributed by atoms with Gasteiger partial charge >= 0.3 is 5.97 Å². The highest BCUT2D eigenvalue weighted by atomic mass is 16.4. The van der Waals surface area contributed by atoms with Crippen molar-refractivity contribution in [1.29, 1.82) is 0 Å². The van der Waals surface area contributed by atoms with E-state index in [0.717, 1.165) is 16.6 Å². The Kier molecular flexibility index (Phi) is 3.16.